The summed E-state index contributed by atoms with van der Waals surface area (Å²) in [6, 6.07) is 92.3. The second-order valence-electron chi connectivity index (χ2n) is 25.4. The molecule has 6 aliphatic rings. The fraction of sp³-hybridized carbons (Fsp3) is 0.0112. The summed E-state index contributed by atoms with van der Waals surface area (Å²) in [6.45, 7) is -0.824. The number of ether oxygens (including phenoxy) is 1. The third-order valence-corrected chi connectivity index (χ3v) is 20.8. The van der Waals surface area contributed by atoms with Gasteiger partial charge in [0.2, 0.25) is 0 Å². The van der Waals surface area contributed by atoms with E-state index < -0.39 is 48.4 Å². The molecule has 15 aromatic rings. The molecule has 0 atom stereocenters. The minimum atomic E-state index is -0.593. The number of benzene rings is 15. The largest absolute Gasteiger partial charge is 0.458 e. The number of nitrogens with zero attached hydrogens (tertiary/aromatic N) is 3. The molecule has 0 radical (unpaired) electrons. The predicted molar refractivity (Wildman–Crippen MR) is 396 cm³/mol. The zero-order chi connectivity index (χ0) is 70.7. The lowest BCUT2D eigenvalue weighted by atomic mass is 9.30. The molecule has 0 N–H and O–H groups in total. The van der Waals surface area contributed by atoms with Gasteiger partial charge in [-0.2, -0.15) is 0 Å². The van der Waals surface area contributed by atoms with Crippen LogP contribution in [0.15, 0.2) is 333 Å². The average molecular weight is 1210 g/mol. The number of rotatable bonds is 6. The van der Waals surface area contributed by atoms with Gasteiger partial charge in [-0.3, -0.25) is 0 Å². The summed E-state index contributed by atoms with van der Waals surface area (Å²) in [6.07, 6.45) is 0. The summed E-state index contributed by atoms with van der Waals surface area (Å²) in [5, 5.41) is 2.04. The molecule has 0 amide bonds. The quantitative estimate of drug-likeness (QED) is 0.154. The lowest BCUT2D eigenvalue weighted by Crippen LogP contribution is -2.64. The highest BCUT2D eigenvalue weighted by molar-refractivity contribution is 7.02. The number of fused-ring (bicyclic) bond motifs is 20. The van der Waals surface area contributed by atoms with Crippen LogP contribution in [0.4, 0.5) is 51.2 Å². The Balaban J connectivity index is 0.828. The number of hydrogen-bond donors (Lipinski definition) is 0. The van der Waals surface area contributed by atoms with Crippen LogP contribution in [0.1, 0.15) is 36.0 Å². The lowest BCUT2D eigenvalue weighted by molar-refractivity contribution is 0.488. The maximum absolute atomic E-state index is 9.53. The van der Waals surface area contributed by atoms with E-state index in [0.29, 0.717) is 34.0 Å². The maximum atomic E-state index is 9.53. The first-order valence-corrected chi connectivity index (χ1v) is 32.3. The minimum Gasteiger partial charge on any atom is -0.458 e. The fourth-order valence-electron chi connectivity index (χ4n) is 17.2. The van der Waals surface area contributed by atoms with E-state index >= 15 is 0 Å². The van der Waals surface area contributed by atoms with Gasteiger partial charge in [-0.15, -0.1) is 0 Å². The van der Waals surface area contributed by atoms with Gasteiger partial charge >= 0.3 is 0 Å². The average Bonchev–Trinajstić information content (AvgIpc) is 1.60. The van der Waals surface area contributed by atoms with Gasteiger partial charge in [0.15, 0.2) is 0 Å². The molecule has 15 aromatic carbocycles. The zero-order valence-electron chi connectivity index (χ0n) is 60.9. The Kier molecular flexibility index (Phi) is 9.16. The predicted octanol–water partition coefficient (Wildman–Crippen LogP) is 18.7. The molecule has 1 spiro atoms. The molecule has 0 fully saturated rings. The summed E-state index contributed by atoms with van der Waals surface area (Å²) in [7, 11) is 0. The van der Waals surface area contributed by atoms with E-state index in [-0.39, 0.29) is 42.0 Å². The second kappa shape index (κ2) is 19.9. The first-order chi connectivity index (χ1) is 51.3. The lowest BCUT2D eigenvalue weighted by Gasteiger charge is -2.45. The van der Waals surface area contributed by atoms with Crippen LogP contribution in [0.3, 0.4) is 0 Å². The van der Waals surface area contributed by atoms with E-state index in [2.05, 4.69) is 227 Å². The summed E-state index contributed by atoms with van der Waals surface area (Å²) in [5.74, 6) is 1.32. The highest BCUT2D eigenvalue weighted by Crippen LogP contribution is 2.65. The van der Waals surface area contributed by atoms with Crippen LogP contribution in [0, 0.1) is 0 Å². The Morgan fingerprint density at radius 1 is 0.305 bits per heavy atom. The molecule has 21 rings (SSSR count). The van der Waals surface area contributed by atoms with Gasteiger partial charge in [-0.1, -0.05) is 255 Å². The Morgan fingerprint density at radius 3 is 1.44 bits per heavy atom. The van der Waals surface area contributed by atoms with Crippen molar-refractivity contribution >= 4 is 108 Å². The molecule has 0 saturated carbocycles. The monoisotopic (exact) mass is 1210 g/mol. The van der Waals surface area contributed by atoms with Crippen molar-refractivity contribution in [2.45, 2.75) is 5.41 Å². The van der Waals surface area contributed by atoms with Crippen LogP contribution in [-0.2, 0) is 5.41 Å². The van der Waals surface area contributed by atoms with Gasteiger partial charge in [-0.25, -0.2) is 0 Å². The van der Waals surface area contributed by atoms with Crippen molar-refractivity contribution in [2.75, 3.05) is 14.7 Å². The Hall–Kier alpha value is -12.1. The van der Waals surface area contributed by atoms with Crippen molar-refractivity contribution in [2.24, 2.45) is 0 Å². The normalized spacial score (nSPS) is 15.4. The van der Waals surface area contributed by atoms with E-state index in [1.807, 2.05) is 48.5 Å². The van der Waals surface area contributed by atoms with Crippen LogP contribution in [-0.4, -0.2) is 13.4 Å². The molecule has 4 aliphatic heterocycles. The van der Waals surface area contributed by atoms with Crippen molar-refractivity contribution in [1.29, 1.82) is 0 Å². The van der Waals surface area contributed by atoms with E-state index in [9.17, 15) is 2.74 Å². The number of anilines is 9. The van der Waals surface area contributed by atoms with Gasteiger partial charge in [0.05, 0.1) is 24.8 Å². The van der Waals surface area contributed by atoms with E-state index in [1.54, 1.807) is 12.1 Å². The molecule has 0 unspecified atom stereocenters. The first-order valence-electron chi connectivity index (χ1n) is 37.3. The highest BCUT2D eigenvalue weighted by atomic mass is 16.5. The molecular formula is C89H55B2N3O. The smallest absolute Gasteiger partial charge is 0.256 e. The molecule has 4 nitrogen and oxygen atoms in total. The zero-order valence-corrected chi connectivity index (χ0v) is 50.9. The number of para-hydroxylation sites is 4. The molecule has 0 aromatic heterocycles. The van der Waals surface area contributed by atoms with Crippen molar-refractivity contribution in [3.05, 3.63) is 356 Å². The molecule has 2 aliphatic carbocycles. The van der Waals surface area contributed by atoms with Crippen molar-refractivity contribution in [1.82, 2.24) is 0 Å². The number of hydrogen-bond acceptors (Lipinski definition) is 4. The first kappa shape index (κ1) is 43.6. The van der Waals surface area contributed by atoms with Crippen LogP contribution in [0.25, 0.3) is 66.4 Å². The fourth-order valence-corrected chi connectivity index (χ4v) is 17.2. The van der Waals surface area contributed by atoms with Gasteiger partial charge in [0.1, 0.15) is 11.5 Å². The molecule has 438 valence electrons. The third kappa shape index (κ3) is 7.28. The van der Waals surface area contributed by atoms with Crippen molar-refractivity contribution in [3.8, 4) is 67.1 Å². The van der Waals surface area contributed by atoms with Crippen molar-refractivity contribution in [3.63, 3.8) is 0 Å². The Labute approximate surface area is 566 Å². The van der Waals surface area contributed by atoms with Gasteiger partial charge in [0, 0.05) is 57.0 Å². The summed E-state index contributed by atoms with van der Waals surface area (Å²) in [5.41, 5.74) is 26.0. The van der Waals surface area contributed by atoms with Gasteiger partial charge in [-0.05, 0) is 189 Å². The van der Waals surface area contributed by atoms with E-state index in [1.165, 1.54) is 44.5 Å². The molecular weight excluding hydrogens is 1150 g/mol. The maximum Gasteiger partial charge on any atom is 0.256 e. The minimum absolute atomic E-state index is 0.0401. The molecule has 6 heteroatoms. The molecule has 0 saturated heterocycles. The summed E-state index contributed by atoms with van der Waals surface area (Å²) >= 11 is 0. The van der Waals surface area contributed by atoms with Crippen LogP contribution < -0.4 is 52.2 Å². The summed E-state index contributed by atoms with van der Waals surface area (Å²) < 4.78 is 97.5. The van der Waals surface area contributed by atoms with Crippen LogP contribution in [0.5, 0.6) is 11.5 Å². The van der Waals surface area contributed by atoms with E-state index in [0.717, 1.165) is 94.5 Å². The van der Waals surface area contributed by atoms with Crippen LogP contribution >= 0.6 is 0 Å². The standard InChI is InChI=1S/C89H55B2N3O/c1-5-24-56(25-6-1)58-44-47-64(48-45-58)93-80-55-83-77(54-76(80)90-74-40-19-21-42-78(74)92(62-28-9-3-10-29-62)81-51-60(52-82(93)86(81)90)57-26-7-2-8-27-57)91-75-41-20-22-43-79(75)94(63-30-11-4-12-31-63)88-66-49-46-59(50-61(66)53-84(95-83)87(88)91)65-35-23-36-70-69-34-15-18-39-73(69)89(85(65)70)71-37-16-13-32-67(71)68-33-14-17-38-72(68)89/h1-55H/i1D,2D,5D,6D,7D,8D,24D,25D,26D,27D. The molecule has 0 bridgehead atoms. The third-order valence-electron chi connectivity index (χ3n) is 20.8. The topological polar surface area (TPSA) is 19.0 Å². The summed E-state index contributed by atoms with van der Waals surface area (Å²) in [4.78, 5) is 6.78. The van der Waals surface area contributed by atoms with Gasteiger partial charge in [0.25, 0.3) is 13.4 Å². The van der Waals surface area contributed by atoms with Gasteiger partial charge < -0.3 is 19.4 Å². The van der Waals surface area contributed by atoms with Crippen LogP contribution in [0.2, 0.25) is 0 Å². The van der Waals surface area contributed by atoms with E-state index in [4.69, 9.17) is 15.7 Å². The SMILES string of the molecule is [2H]c1c([2H])c([2H])c(-c2ccc(N3c4cc5c(cc4B4c6ccccc6N(c6ccccc6)c6cc(-c7c([2H])c([2H])c([2H])c([2H])c7[2H])cc3c64)B3c4ccccc4N(c4ccccc4)c4c3c(cc3cc(-c6cccc7c6C6(c8ccccc8-c8ccccc86)c6ccccc6-7)ccc43)O5)cc2)c([2H])c1[2H]. The Morgan fingerprint density at radius 2 is 0.800 bits per heavy atom. The highest BCUT2D eigenvalue weighted by Gasteiger charge is 2.53. The second-order valence-corrected chi connectivity index (χ2v) is 25.4. The molecule has 4 heterocycles. The van der Waals surface area contributed by atoms with Crippen molar-refractivity contribution < 1.29 is 18.4 Å². The molecule has 95 heavy (non-hydrogen) atoms. The Bertz CT molecular complexity index is 6270.